The first-order valence-electron chi connectivity index (χ1n) is 7.72. The van der Waals surface area contributed by atoms with Crippen LogP contribution in [0.4, 0.5) is 16.0 Å². The summed E-state index contributed by atoms with van der Waals surface area (Å²) in [6.07, 6.45) is 0. The average Bonchev–Trinajstić information content (AvgIpc) is 3.13. The van der Waals surface area contributed by atoms with Crippen LogP contribution in [0.2, 0.25) is 0 Å². The summed E-state index contributed by atoms with van der Waals surface area (Å²) in [7, 11) is 0. The summed E-state index contributed by atoms with van der Waals surface area (Å²) in [6, 6.07) is 11.1. The first-order chi connectivity index (χ1) is 12.1. The van der Waals surface area contributed by atoms with Gasteiger partial charge in [0.05, 0.1) is 23.2 Å². The van der Waals surface area contributed by atoms with Crippen molar-refractivity contribution in [2.45, 2.75) is 6.92 Å². The van der Waals surface area contributed by atoms with Gasteiger partial charge in [-0.1, -0.05) is 0 Å². The van der Waals surface area contributed by atoms with E-state index in [9.17, 15) is 9.18 Å². The number of nitrogens with one attached hydrogen (secondary N) is 2. The summed E-state index contributed by atoms with van der Waals surface area (Å²) in [6.45, 7) is 2.08. The van der Waals surface area contributed by atoms with Gasteiger partial charge in [0.25, 0.3) is 5.78 Å². The number of H-pyrrole nitrogens is 1. The van der Waals surface area contributed by atoms with Crippen LogP contribution in [0.5, 0.6) is 0 Å². The number of carbonyl (C=O) groups excluding carboxylic acids is 1. The predicted octanol–water partition coefficient (Wildman–Crippen LogP) is 3.27. The quantitative estimate of drug-likeness (QED) is 0.558. The van der Waals surface area contributed by atoms with Crippen molar-refractivity contribution in [2.75, 3.05) is 11.9 Å². The highest BCUT2D eigenvalue weighted by molar-refractivity contribution is 5.94. The molecule has 4 rings (SSSR count). The first kappa shape index (κ1) is 15.1. The lowest BCUT2D eigenvalue weighted by Gasteiger charge is -2.02. The van der Waals surface area contributed by atoms with Crippen molar-refractivity contribution in [1.82, 2.24) is 19.6 Å². The molecule has 4 aromatic rings. The Kier molecular flexibility index (Phi) is 3.57. The summed E-state index contributed by atoms with van der Waals surface area (Å²) >= 11 is 0. The number of esters is 1. The van der Waals surface area contributed by atoms with Gasteiger partial charge in [-0.25, -0.2) is 18.7 Å². The van der Waals surface area contributed by atoms with Crippen LogP contribution < -0.4 is 5.32 Å². The van der Waals surface area contributed by atoms with Crippen molar-refractivity contribution in [1.29, 1.82) is 0 Å². The third-order valence-corrected chi connectivity index (χ3v) is 3.68. The Hall–Kier alpha value is -3.42. The fourth-order valence-corrected chi connectivity index (χ4v) is 2.55. The molecule has 0 atom stereocenters. The molecule has 2 aromatic carbocycles. The van der Waals surface area contributed by atoms with Gasteiger partial charge in [-0.15, -0.1) is 0 Å². The van der Waals surface area contributed by atoms with Crippen molar-refractivity contribution in [3.63, 3.8) is 0 Å². The normalized spacial score (nSPS) is 11.1. The molecule has 0 unspecified atom stereocenters. The van der Waals surface area contributed by atoms with E-state index in [1.165, 1.54) is 12.1 Å². The van der Waals surface area contributed by atoms with Gasteiger partial charge in [0.1, 0.15) is 5.82 Å². The minimum Gasteiger partial charge on any atom is -0.462 e. The number of nitrogens with zero attached hydrogens (tertiary/aromatic N) is 3. The van der Waals surface area contributed by atoms with Crippen LogP contribution in [0.1, 0.15) is 17.3 Å². The zero-order valence-electron chi connectivity index (χ0n) is 13.3. The number of aromatic amines is 1. The molecule has 25 heavy (non-hydrogen) atoms. The summed E-state index contributed by atoms with van der Waals surface area (Å²) in [5, 5.41) is 6.13. The van der Waals surface area contributed by atoms with Gasteiger partial charge < -0.3 is 10.1 Å². The lowest BCUT2D eigenvalue weighted by Crippen LogP contribution is -2.04. The standard InChI is InChI=1S/C17H14FN5O2/c1-2-25-15(24)10-3-8-14-13(9-10)20-17-21-16(22-23(14)17)19-12-6-4-11(18)5-7-12/h3-9H,2H2,1H3,(H2,19,20,21,22). The molecule has 0 aliphatic heterocycles. The van der Waals surface area contributed by atoms with E-state index >= 15 is 0 Å². The molecule has 126 valence electrons. The van der Waals surface area contributed by atoms with Crippen molar-refractivity contribution in [2.24, 2.45) is 0 Å². The Bertz CT molecular complexity index is 1070. The molecular formula is C17H14FN5O2. The predicted molar refractivity (Wildman–Crippen MR) is 90.5 cm³/mol. The van der Waals surface area contributed by atoms with Gasteiger partial charge in [-0.3, -0.25) is 5.10 Å². The third kappa shape index (κ3) is 2.78. The van der Waals surface area contributed by atoms with Crippen LogP contribution in [-0.2, 0) is 4.74 Å². The van der Waals surface area contributed by atoms with E-state index in [0.717, 1.165) is 5.52 Å². The van der Waals surface area contributed by atoms with E-state index in [1.54, 1.807) is 41.8 Å². The molecule has 0 radical (unpaired) electrons. The van der Waals surface area contributed by atoms with Gasteiger partial charge in [0.2, 0.25) is 5.95 Å². The number of imidazole rings is 1. The lowest BCUT2D eigenvalue weighted by atomic mass is 10.2. The van der Waals surface area contributed by atoms with Gasteiger partial charge in [0, 0.05) is 5.69 Å². The molecule has 0 aliphatic rings. The second-order valence-electron chi connectivity index (χ2n) is 5.38. The number of carbonyl (C=O) groups is 1. The highest BCUT2D eigenvalue weighted by atomic mass is 19.1. The lowest BCUT2D eigenvalue weighted by molar-refractivity contribution is 0.0526. The van der Waals surface area contributed by atoms with Crippen LogP contribution in [0.25, 0.3) is 16.8 Å². The maximum Gasteiger partial charge on any atom is 0.338 e. The number of anilines is 2. The average molecular weight is 339 g/mol. The summed E-state index contributed by atoms with van der Waals surface area (Å²) < 4.78 is 19.7. The molecule has 7 nitrogen and oxygen atoms in total. The Morgan fingerprint density at radius 3 is 2.80 bits per heavy atom. The Morgan fingerprint density at radius 2 is 2.04 bits per heavy atom. The number of hydrogen-bond acceptors (Lipinski definition) is 5. The molecular weight excluding hydrogens is 325 g/mol. The summed E-state index contributed by atoms with van der Waals surface area (Å²) in [5.41, 5.74) is 2.56. The number of hydrogen-bond donors (Lipinski definition) is 2. The summed E-state index contributed by atoms with van der Waals surface area (Å²) in [4.78, 5) is 20.6. The number of aromatic nitrogens is 4. The molecule has 2 N–H and O–H groups in total. The fraction of sp³-hybridized carbons (Fsp3) is 0.118. The number of fused-ring (bicyclic) bond motifs is 3. The smallest absolute Gasteiger partial charge is 0.338 e. The summed E-state index contributed by atoms with van der Waals surface area (Å²) in [5.74, 6) is 0.252. The second-order valence-corrected chi connectivity index (χ2v) is 5.38. The number of ether oxygens (including phenoxy) is 1. The van der Waals surface area contributed by atoms with E-state index in [1.807, 2.05) is 0 Å². The van der Waals surface area contributed by atoms with Crippen LogP contribution in [0.3, 0.4) is 0 Å². The molecule has 0 saturated heterocycles. The van der Waals surface area contributed by atoms with Crippen LogP contribution >= 0.6 is 0 Å². The maximum atomic E-state index is 13.0. The van der Waals surface area contributed by atoms with Crippen LogP contribution in [0, 0.1) is 5.82 Å². The highest BCUT2D eigenvalue weighted by Crippen LogP contribution is 2.20. The number of rotatable bonds is 4. The molecule has 2 heterocycles. The third-order valence-electron chi connectivity index (χ3n) is 3.68. The number of benzene rings is 2. The van der Waals surface area contributed by atoms with Crippen molar-refractivity contribution >= 4 is 34.4 Å². The second kappa shape index (κ2) is 5.90. The van der Waals surface area contributed by atoms with E-state index < -0.39 is 0 Å². The van der Waals surface area contributed by atoms with E-state index in [2.05, 4.69) is 20.4 Å². The molecule has 0 fully saturated rings. The molecule has 0 spiro atoms. The largest absolute Gasteiger partial charge is 0.462 e. The highest BCUT2D eigenvalue weighted by Gasteiger charge is 2.13. The minimum atomic E-state index is -0.382. The van der Waals surface area contributed by atoms with Crippen molar-refractivity contribution < 1.29 is 13.9 Å². The Morgan fingerprint density at radius 1 is 1.24 bits per heavy atom. The van der Waals surface area contributed by atoms with E-state index in [-0.39, 0.29) is 11.8 Å². The Balaban J connectivity index is 1.67. The molecule has 0 amide bonds. The number of halogens is 1. The van der Waals surface area contributed by atoms with Crippen LogP contribution in [0.15, 0.2) is 42.5 Å². The zero-order valence-corrected chi connectivity index (χ0v) is 13.3. The monoisotopic (exact) mass is 339 g/mol. The van der Waals surface area contributed by atoms with Crippen molar-refractivity contribution in [3.05, 3.63) is 53.8 Å². The maximum absolute atomic E-state index is 13.0. The first-order valence-corrected chi connectivity index (χ1v) is 7.72. The SMILES string of the molecule is CCOC(=O)c1ccc2c(c1)nc1nc(Nc3ccc(F)cc3)[nH]n12. The molecule has 0 saturated carbocycles. The topological polar surface area (TPSA) is 84.3 Å². The minimum absolute atomic E-state index is 0.303. The van der Waals surface area contributed by atoms with Gasteiger partial charge in [-0.05, 0) is 49.4 Å². The molecule has 8 heteroatoms. The van der Waals surface area contributed by atoms with E-state index in [4.69, 9.17) is 4.74 Å². The van der Waals surface area contributed by atoms with Crippen molar-refractivity contribution in [3.8, 4) is 0 Å². The fourth-order valence-electron chi connectivity index (χ4n) is 2.55. The van der Waals surface area contributed by atoms with Crippen LogP contribution in [-0.4, -0.2) is 32.2 Å². The molecule has 0 bridgehead atoms. The van der Waals surface area contributed by atoms with E-state index in [0.29, 0.717) is 35.1 Å². The van der Waals surface area contributed by atoms with Gasteiger partial charge in [-0.2, -0.15) is 4.98 Å². The molecule has 0 aliphatic carbocycles. The van der Waals surface area contributed by atoms with Gasteiger partial charge in [0.15, 0.2) is 0 Å². The van der Waals surface area contributed by atoms with Gasteiger partial charge >= 0.3 is 5.97 Å². The zero-order chi connectivity index (χ0) is 17.4. The molecule has 2 aromatic heterocycles. The Labute approximate surface area is 141 Å².